The van der Waals surface area contributed by atoms with Gasteiger partial charge in [0.05, 0.1) is 0 Å². The molecule has 0 bridgehead atoms. The Morgan fingerprint density at radius 3 is 2.65 bits per heavy atom. The van der Waals surface area contributed by atoms with Crippen LogP contribution in [0.3, 0.4) is 0 Å². The number of hydrogen-bond donors (Lipinski definition) is 2. The number of aromatic carboxylic acids is 1. The molecule has 4 heteroatoms. The standard InChI is InChI=1S/C13H21NO3/c1-5-13(3,4)8-14-7-10-6-11(12(15)16)17-9(10)2/h6,14H,5,7-8H2,1-4H3,(H,15,16). The maximum atomic E-state index is 10.7. The summed E-state index contributed by atoms with van der Waals surface area (Å²) in [7, 11) is 0. The highest BCUT2D eigenvalue weighted by molar-refractivity contribution is 5.84. The van der Waals surface area contributed by atoms with Crippen LogP contribution in [0.1, 0.15) is 49.1 Å². The highest BCUT2D eigenvalue weighted by atomic mass is 16.4. The predicted molar refractivity (Wildman–Crippen MR) is 66.2 cm³/mol. The van der Waals surface area contributed by atoms with E-state index >= 15 is 0 Å². The number of carbonyl (C=O) groups is 1. The zero-order chi connectivity index (χ0) is 13.1. The number of rotatable bonds is 6. The molecule has 0 spiro atoms. The molecule has 0 saturated carbocycles. The first-order valence-electron chi connectivity index (χ1n) is 5.89. The van der Waals surface area contributed by atoms with Gasteiger partial charge in [0.1, 0.15) is 5.76 Å². The molecule has 0 unspecified atom stereocenters. The lowest BCUT2D eigenvalue weighted by molar-refractivity contribution is 0.0661. The molecule has 1 aromatic rings. The molecule has 0 aromatic carbocycles. The highest BCUT2D eigenvalue weighted by Crippen LogP contribution is 2.19. The first-order chi connectivity index (χ1) is 7.85. The fourth-order valence-corrected chi connectivity index (χ4v) is 1.46. The predicted octanol–water partition coefficient (Wildman–Crippen LogP) is 2.81. The molecule has 0 radical (unpaired) electrons. The van der Waals surface area contributed by atoms with E-state index in [4.69, 9.17) is 9.52 Å². The van der Waals surface area contributed by atoms with Crippen molar-refractivity contribution in [1.82, 2.24) is 5.32 Å². The summed E-state index contributed by atoms with van der Waals surface area (Å²) in [5.41, 5.74) is 1.17. The van der Waals surface area contributed by atoms with Crippen LogP contribution in [0.25, 0.3) is 0 Å². The molecule has 1 heterocycles. The molecule has 0 aliphatic carbocycles. The van der Waals surface area contributed by atoms with Crippen molar-refractivity contribution < 1.29 is 14.3 Å². The SMILES string of the molecule is CCC(C)(C)CNCc1cc(C(=O)O)oc1C. The van der Waals surface area contributed by atoms with Crippen LogP contribution in [0.2, 0.25) is 0 Å². The number of carboxylic acid groups (broad SMARTS) is 1. The molecule has 1 rings (SSSR count). The second kappa shape index (κ2) is 5.36. The highest BCUT2D eigenvalue weighted by Gasteiger charge is 2.16. The molecule has 0 aliphatic heterocycles. The van der Waals surface area contributed by atoms with Crippen LogP contribution < -0.4 is 5.32 Å². The summed E-state index contributed by atoms with van der Waals surface area (Å²) in [4.78, 5) is 10.7. The molecule has 17 heavy (non-hydrogen) atoms. The van der Waals surface area contributed by atoms with Crippen molar-refractivity contribution in [2.75, 3.05) is 6.54 Å². The Balaban J connectivity index is 2.55. The summed E-state index contributed by atoms with van der Waals surface area (Å²) in [6.45, 7) is 9.89. The Morgan fingerprint density at radius 1 is 1.53 bits per heavy atom. The fourth-order valence-electron chi connectivity index (χ4n) is 1.46. The monoisotopic (exact) mass is 239 g/mol. The third-order valence-electron chi connectivity index (χ3n) is 3.11. The van der Waals surface area contributed by atoms with Gasteiger partial charge in [0.2, 0.25) is 5.76 Å². The van der Waals surface area contributed by atoms with Crippen molar-refractivity contribution in [3.05, 3.63) is 23.2 Å². The summed E-state index contributed by atoms with van der Waals surface area (Å²) < 4.78 is 5.15. The third kappa shape index (κ3) is 3.89. The summed E-state index contributed by atoms with van der Waals surface area (Å²) in [6, 6.07) is 1.59. The average molecular weight is 239 g/mol. The first kappa shape index (κ1) is 13.8. The minimum Gasteiger partial charge on any atom is -0.475 e. The third-order valence-corrected chi connectivity index (χ3v) is 3.11. The average Bonchev–Trinajstić information content (AvgIpc) is 2.60. The van der Waals surface area contributed by atoms with Gasteiger partial charge in [-0.3, -0.25) is 0 Å². The molecule has 0 atom stereocenters. The van der Waals surface area contributed by atoms with E-state index in [1.807, 2.05) is 0 Å². The van der Waals surface area contributed by atoms with Crippen LogP contribution >= 0.6 is 0 Å². The maximum absolute atomic E-state index is 10.7. The topological polar surface area (TPSA) is 62.5 Å². The van der Waals surface area contributed by atoms with Crippen LogP contribution in [0.15, 0.2) is 10.5 Å². The minimum absolute atomic E-state index is 0.00838. The largest absolute Gasteiger partial charge is 0.475 e. The normalized spacial score (nSPS) is 11.8. The molecule has 0 saturated heterocycles. The lowest BCUT2D eigenvalue weighted by atomic mass is 9.90. The van der Waals surface area contributed by atoms with Crippen LogP contribution in [0.5, 0.6) is 0 Å². The number of furan rings is 1. The van der Waals surface area contributed by atoms with Gasteiger partial charge in [-0.25, -0.2) is 4.79 Å². The van der Waals surface area contributed by atoms with Gasteiger partial charge in [-0.1, -0.05) is 20.8 Å². The van der Waals surface area contributed by atoms with E-state index in [2.05, 4.69) is 26.1 Å². The van der Waals surface area contributed by atoms with E-state index in [9.17, 15) is 4.79 Å². The van der Waals surface area contributed by atoms with Gasteiger partial charge < -0.3 is 14.8 Å². The molecule has 0 amide bonds. The van der Waals surface area contributed by atoms with Crippen molar-refractivity contribution in [3.63, 3.8) is 0 Å². The molecular weight excluding hydrogens is 218 g/mol. The Kier molecular flexibility index (Phi) is 4.34. The van der Waals surface area contributed by atoms with Gasteiger partial charge >= 0.3 is 5.97 Å². The number of aryl methyl sites for hydroxylation is 1. The van der Waals surface area contributed by atoms with E-state index in [-0.39, 0.29) is 11.2 Å². The van der Waals surface area contributed by atoms with E-state index in [0.717, 1.165) is 18.5 Å². The van der Waals surface area contributed by atoms with E-state index in [1.165, 1.54) is 0 Å². The Hall–Kier alpha value is -1.29. The van der Waals surface area contributed by atoms with Crippen molar-refractivity contribution in [2.24, 2.45) is 5.41 Å². The number of carboxylic acids is 1. The maximum Gasteiger partial charge on any atom is 0.371 e. The second-order valence-electron chi connectivity index (χ2n) is 5.12. The lowest BCUT2D eigenvalue weighted by Crippen LogP contribution is -2.28. The quantitative estimate of drug-likeness (QED) is 0.801. The molecule has 4 nitrogen and oxygen atoms in total. The number of nitrogens with one attached hydrogen (secondary N) is 1. The zero-order valence-electron chi connectivity index (χ0n) is 11.0. The minimum atomic E-state index is -1.02. The molecular formula is C13H21NO3. The van der Waals surface area contributed by atoms with Gasteiger partial charge in [0.15, 0.2) is 0 Å². The molecule has 0 fully saturated rings. The second-order valence-corrected chi connectivity index (χ2v) is 5.12. The Morgan fingerprint density at radius 2 is 2.18 bits per heavy atom. The van der Waals surface area contributed by atoms with Crippen LogP contribution in [0.4, 0.5) is 0 Å². The molecule has 2 N–H and O–H groups in total. The fraction of sp³-hybridized carbons (Fsp3) is 0.615. The smallest absolute Gasteiger partial charge is 0.371 e. The van der Waals surface area contributed by atoms with Gasteiger partial charge in [-0.15, -0.1) is 0 Å². The van der Waals surface area contributed by atoms with Gasteiger partial charge in [-0.05, 0) is 24.8 Å². The molecule has 1 aromatic heterocycles. The first-order valence-corrected chi connectivity index (χ1v) is 5.89. The lowest BCUT2D eigenvalue weighted by Gasteiger charge is -2.22. The summed E-state index contributed by atoms with van der Waals surface area (Å²) in [5, 5.41) is 12.1. The van der Waals surface area contributed by atoms with Crippen LogP contribution in [-0.2, 0) is 6.54 Å². The van der Waals surface area contributed by atoms with Gasteiger partial charge in [-0.2, -0.15) is 0 Å². The van der Waals surface area contributed by atoms with Gasteiger partial charge in [0, 0.05) is 18.7 Å². The Bertz CT molecular complexity index is 393. The summed E-state index contributed by atoms with van der Waals surface area (Å²) in [5.74, 6) is -0.341. The summed E-state index contributed by atoms with van der Waals surface area (Å²) >= 11 is 0. The zero-order valence-corrected chi connectivity index (χ0v) is 11.0. The van der Waals surface area contributed by atoms with Crippen molar-refractivity contribution >= 4 is 5.97 Å². The number of hydrogen-bond acceptors (Lipinski definition) is 3. The van der Waals surface area contributed by atoms with Crippen molar-refractivity contribution in [1.29, 1.82) is 0 Å². The summed E-state index contributed by atoms with van der Waals surface area (Å²) in [6.07, 6.45) is 1.10. The van der Waals surface area contributed by atoms with Crippen molar-refractivity contribution in [2.45, 2.75) is 40.7 Å². The molecule has 0 aliphatic rings. The van der Waals surface area contributed by atoms with Gasteiger partial charge in [0.25, 0.3) is 0 Å². The van der Waals surface area contributed by atoms with E-state index in [0.29, 0.717) is 12.3 Å². The Labute approximate surface area is 102 Å². The van der Waals surface area contributed by atoms with E-state index < -0.39 is 5.97 Å². The van der Waals surface area contributed by atoms with E-state index in [1.54, 1.807) is 13.0 Å². The van der Waals surface area contributed by atoms with Crippen LogP contribution in [0, 0.1) is 12.3 Å². The molecule has 96 valence electrons. The van der Waals surface area contributed by atoms with Crippen LogP contribution in [-0.4, -0.2) is 17.6 Å². The van der Waals surface area contributed by atoms with Crippen molar-refractivity contribution in [3.8, 4) is 0 Å².